The van der Waals surface area contributed by atoms with E-state index in [1.807, 2.05) is 0 Å². The number of carbonyl (C=O) groups excluding carboxylic acids is 1. The zero-order chi connectivity index (χ0) is 17.1. The minimum Gasteiger partial charge on any atom is -0.493 e. The van der Waals surface area contributed by atoms with Gasteiger partial charge in [0.05, 0.1) is 19.1 Å². The molecule has 1 atom stereocenters. The zero-order valence-electron chi connectivity index (χ0n) is 12.7. The predicted octanol–water partition coefficient (Wildman–Crippen LogP) is 2.38. The number of aliphatic carboxylic acids is 1. The van der Waals surface area contributed by atoms with Crippen LogP contribution in [0.25, 0.3) is 6.08 Å². The second kappa shape index (κ2) is 7.01. The van der Waals surface area contributed by atoms with Gasteiger partial charge in [0.2, 0.25) is 0 Å². The van der Waals surface area contributed by atoms with Crippen molar-refractivity contribution in [2.75, 3.05) is 14.2 Å². The van der Waals surface area contributed by atoms with Crippen LogP contribution in [0.2, 0.25) is 0 Å². The summed E-state index contributed by atoms with van der Waals surface area (Å²) < 4.78 is 10.6. The van der Waals surface area contributed by atoms with Crippen molar-refractivity contribution >= 4 is 46.3 Å². The average Bonchev–Trinajstić information content (AvgIpc) is 2.80. The van der Waals surface area contributed by atoms with Gasteiger partial charge in [-0.25, -0.2) is 4.79 Å². The molecule has 0 aromatic heterocycles. The molecule has 1 aromatic carbocycles. The highest BCUT2D eigenvalue weighted by Crippen LogP contribution is 2.35. The average molecular weight is 353 g/mol. The van der Waals surface area contributed by atoms with Crippen LogP contribution in [0.15, 0.2) is 23.1 Å². The molecule has 0 radical (unpaired) electrons. The highest BCUT2D eigenvalue weighted by molar-refractivity contribution is 8.26. The van der Waals surface area contributed by atoms with Gasteiger partial charge in [-0.05, 0) is 30.7 Å². The largest absolute Gasteiger partial charge is 0.493 e. The zero-order valence-corrected chi connectivity index (χ0v) is 14.4. The Hall–Kier alpha value is -2.06. The maximum Gasteiger partial charge on any atom is 0.326 e. The summed E-state index contributed by atoms with van der Waals surface area (Å²) in [5.74, 6) is -0.398. The van der Waals surface area contributed by atoms with Crippen molar-refractivity contribution in [2.24, 2.45) is 0 Å². The molecule has 1 aliphatic heterocycles. The summed E-state index contributed by atoms with van der Waals surface area (Å²) in [6.07, 6.45) is 1.65. The number of carboxylic acid groups (broad SMARTS) is 1. The molecule has 1 aliphatic rings. The van der Waals surface area contributed by atoms with Gasteiger partial charge in [-0.1, -0.05) is 30.0 Å². The van der Waals surface area contributed by atoms with Crippen LogP contribution < -0.4 is 9.47 Å². The van der Waals surface area contributed by atoms with E-state index in [0.717, 1.165) is 22.2 Å². The van der Waals surface area contributed by atoms with E-state index in [9.17, 15) is 9.59 Å². The number of thioether (sulfide) groups is 1. The van der Waals surface area contributed by atoms with Crippen molar-refractivity contribution in [2.45, 2.75) is 13.0 Å². The van der Waals surface area contributed by atoms with Gasteiger partial charge in [-0.3, -0.25) is 9.69 Å². The second-order valence-electron chi connectivity index (χ2n) is 4.68. The number of hydrogen-bond donors (Lipinski definition) is 1. The van der Waals surface area contributed by atoms with E-state index in [-0.39, 0.29) is 4.32 Å². The van der Waals surface area contributed by atoms with Crippen LogP contribution >= 0.6 is 24.0 Å². The molecule has 0 aliphatic carbocycles. The first-order chi connectivity index (χ1) is 10.9. The van der Waals surface area contributed by atoms with E-state index >= 15 is 0 Å². The van der Waals surface area contributed by atoms with Gasteiger partial charge in [0.15, 0.2) is 11.5 Å². The number of methoxy groups -OCH3 is 2. The third-order valence-electron chi connectivity index (χ3n) is 3.27. The summed E-state index contributed by atoms with van der Waals surface area (Å²) in [6.45, 7) is 1.42. The summed E-state index contributed by atoms with van der Waals surface area (Å²) in [5.41, 5.74) is 0.728. The van der Waals surface area contributed by atoms with Gasteiger partial charge in [0.25, 0.3) is 5.91 Å². The molecule has 0 spiro atoms. The lowest BCUT2D eigenvalue weighted by Gasteiger charge is -2.18. The van der Waals surface area contributed by atoms with Crippen LogP contribution in [-0.4, -0.2) is 46.5 Å². The number of carbonyl (C=O) groups is 2. The van der Waals surface area contributed by atoms with Crippen molar-refractivity contribution in [1.82, 2.24) is 4.90 Å². The Bertz CT molecular complexity index is 701. The molecule has 0 unspecified atom stereocenters. The first-order valence-corrected chi connectivity index (χ1v) is 7.83. The molecule has 1 aromatic rings. The highest BCUT2D eigenvalue weighted by Gasteiger charge is 2.38. The lowest BCUT2D eigenvalue weighted by molar-refractivity contribution is -0.144. The molecule has 0 saturated carbocycles. The van der Waals surface area contributed by atoms with Crippen LogP contribution in [-0.2, 0) is 9.59 Å². The van der Waals surface area contributed by atoms with E-state index in [0.29, 0.717) is 16.4 Å². The SMILES string of the molecule is COc1ccc(/C=C2/SC(=S)N([C@H](C)C(=O)O)C2=O)cc1OC. The number of ether oxygens (including phenoxy) is 2. The van der Waals surface area contributed by atoms with Crippen molar-refractivity contribution in [3.8, 4) is 11.5 Å². The van der Waals surface area contributed by atoms with Crippen LogP contribution in [0.1, 0.15) is 12.5 Å². The maximum absolute atomic E-state index is 12.4. The third-order valence-corrected chi connectivity index (χ3v) is 4.60. The number of nitrogens with zero attached hydrogens (tertiary/aromatic N) is 1. The molecular weight excluding hydrogens is 338 g/mol. The summed E-state index contributed by atoms with van der Waals surface area (Å²) in [7, 11) is 3.06. The fourth-order valence-electron chi connectivity index (χ4n) is 2.02. The number of amides is 1. The smallest absolute Gasteiger partial charge is 0.326 e. The number of rotatable bonds is 5. The fraction of sp³-hybridized carbons (Fsp3) is 0.267. The van der Waals surface area contributed by atoms with Crippen LogP contribution in [0.5, 0.6) is 11.5 Å². The van der Waals surface area contributed by atoms with Gasteiger partial charge in [-0.15, -0.1) is 0 Å². The molecule has 122 valence electrons. The molecule has 2 rings (SSSR count). The van der Waals surface area contributed by atoms with Crippen LogP contribution in [0.4, 0.5) is 0 Å². The molecule has 1 amide bonds. The van der Waals surface area contributed by atoms with E-state index in [1.54, 1.807) is 24.3 Å². The van der Waals surface area contributed by atoms with Gasteiger partial charge in [0, 0.05) is 0 Å². The Morgan fingerprint density at radius 3 is 2.57 bits per heavy atom. The topological polar surface area (TPSA) is 76.1 Å². The number of carboxylic acids is 1. The number of hydrogen-bond acceptors (Lipinski definition) is 6. The van der Waals surface area contributed by atoms with Crippen molar-refractivity contribution in [1.29, 1.82) is 0 Å². The Morgan fingerprint density at radius 1 is 1.35 bits per heavy atom. The van der Waals surface area contributed by atoms with Crippen molar-refractivity contribution in [3.05, 3.63) is 28.7 Å². The molecule has 1 heterocycles. The fourth-order valence-corrected chi connectivity index (χ4v) is 3.44. The summed E-state index contributed by atoms with van der Waals surface area (Å²) in [4.78, 5) is 24.9. The normalized spacial score (nSPS) is 17.5. The van der Waals surface area contributed by atoms with Gasteiger partial charge in [-0.2, -0.15) is 0 Å². The minimum atomic E-state index is -1.10. The van der Waals surface area contributed by atoms with Gasteiger partial charge < -0.3 is 14.6 Å². The number of benzene rings is 1. The minimum absolute atomic E-state index is 0.233. The first-order valence-electron chi connectivity index (χ1n) is 6.61. The standard InChI is InChI=1S/C15H15NO5S2/c1-8(14(18)19)16-13(17)12(23-15(16)22)7-9-4-5-10(20-2)11(6-9)21-3/h4-8H,1-3H3,(H,18,19)/b12-7+/t8-/m1/s1. The molecule has 1 fully saturated rings. The maximum atomic E-state index is 12.4. The monoisotopic (exact) mass is 353 g/mol. The highest BCUT2D eigenvalue weighted by atomic mass is 32.2. The third kappa shape index (κ3) is 3.48. The number of thiocarbonyl (C=S) groups is 1. The quantitative estimate of drug-likeness (QED) is 0.643. The molecule has 8 heteroatoms. The predicted molar refractivity (Wildman–Crippen MR) is 91.7 cm³/mol. The lowest BCUT2D eigenvalue weighted by atomic mass is 10.1. The second-order valence-corrected chi connectivity index (χ2v) is 6.36. The molecule has 0 bridgehead atoms. The van der Waals surface area contributed by atoms with E-state index in [4.69, 9.17) is 26.8 Å². The Morgan fingerprint density at radius 2 is 2.00 bits per heavy atom. The van der Waals surface area contributed by atoms with Crippen molar-refractivity contribution in [3.63, 3.8) is 0 Å². The van der Waals surface area contributed by atoms with Crippen LogP contribution in [0, 0.1) is 0 Å². The molecule has 23 heavy (non-hydrogen) atoms. The summed E-state index contributed by atoms with van der Waals surface area (Å²) in [5, 5.41) is 9.07. The van der Waals surface area contributed by atoms with Gasteiger partial charge in [0.1, 0.15) is 10.4 Å². The van der Waals surface area contributed by atoms with E-state index in [2.05, 4.69) is 0 Å². The Kier molecular flexibility index (Phi) is 5.27. The Labute approximate surface area is 143 Å². The van der Waals surface area contributed by atoms with E-state index in [1.165, 1.54) is 21.1 Å². The van der Waals surface area contributed by atoms with Gasteiger partial charge >= 0.3 is 5.97 Å². The molecule has 6 nitrogen and oxygen atoms in total. The van der Waals surface area contributed by atoms with Crippen molar-refractivity contribution < 1.29 is 24.2 Å². The van der Waals surface area contributed by atoms with E-state index < -0.39 is 17.9 Å². The lowest BCUT2D eigenvalue weighted by Crippen LogP contribution is -2.41. The van der Waals surface area contributed by atoms with Crippen LogP contribution in [0.3, 0.4) is 0 Å². The first kappa shape index (κ1) is 17.3. The summed E-state index contributed by atoms with van der Waals surface area (Å²) in [6, 6.07) is 4.23. The molecular formula is C15H15NO5S2. The summed E-state index contributed by atoms with van der Waals surface area (Å²) >= 11 is 6.19. The molecule has 1 N–H and O–H groups in total. The molecule has 1 saturated heterocycles. The Balaban J connectivity index is 2.32.